The van der Waals surface area contributed by atoms with E-state index < -0.39 is 26.6 Å². The molecular formula is C61H105N2O6P. The zero-order valence-electron chi connectivity index (χ0n) is 45.4. The van der Waals surface area contributed by atoms with Crippen LogP contribution >= 0.6 is 7.82 Å². The van der Waals surface area contributed by atoms with E-state index >= 15 is 0 Å². The lowest BCUT2D eigenvalue weighted by molar-refractivity contribution is -0.870. The van der Waals surface area contributed by atoms with Gasteiger partial charge in [-0.3, -0.25) is 9.36 Å². The molecule has 70 heavy (non-hydrogen) atoms. The third-order valence-electron chi connectivity index (χ3n) is 11.7. The second-order valence-corrected chi connectivity index (χ2v) is 21.0. The number of phosphoric acid groups is 1. The molecule has 0 aliphatic rings. The monoisotopic (exact) mass is 993 g/mol. The summed E-state index contributed by atoms with van der Waals surface area (Å²) >= 11 is 0. The summed E-state index contributed by atoms with van der Waals surface area (Å²) in [5.74, 6) is -0.216. The molecule has 0 radical (unpaired) electrons. The van der Waals surface area contributed by atoms with Gasteiger partial charge in [0.05, 0.1) is 39.9 Å². The molecule has 2 N–H and O–H groups in total. The largest absolute Gasteiger partial charge is 0.756 e. The molecule has 8 nitrogen and oxygen atoms in total. The Morgan fingerprint density at radius 2 is 0.886 bits per heavy atom. The number of nitrogens with zero attached hydrogens (tertiary/aromatic N) is 1. The van der Waals surface area contributed by atoms with Gasteiger partial charge in [0.2, 0.25) is 5.91 Å². The Morgan fingerprint density at radius 3 is 1.33 bits per heavy atom. The number of allylic oxidation sites excluding steroid dienone is 19. The second-order valence-electron chi connectivity index (χ2n) is 19.5. The number of hydrogen-bond acceptors (Lipinski definition) is 6. The third kappa shape index (κ3) is 52.7. The Labute approximate surface area is 431 Å². The van der Waals surface area contributed by atoms with Gasteiger partial charge in [-0.2, -0.15) is 0 Å². The fourth-order valence-electron chi connectivity index (χ4n) is 7.30. The molecule has 3 unspecified atom stereocenters. The van der Waals surface area contributed by atoms with E-state index in [9.17, 15) is 19.4 Å². The molecule has 0 spiro atoms. The Hall–Kier alpha value is -3.10. The van der Waals surface area contributed by atoms with Crippen molar-refractivity contribution in [1.82, 2.24) is 5.32 Å². The van der Waals surface area contributed by atoms with E-state index in [1.165, 1.54) is 96.3 Å². The highest BCUT2D eigenvalue weighted by atomic mass is 31.2. The predicted octanol–water partition coefficient (Wildman–Crippen LogP) is 16.3. The minimum Gasteiger partial charge on any atom is -0.756 e. The number of hydrogen-bond donors (Lipinski definition) is 2. The quantitative estimate of drug-likeness (QED) is 0.0272. The summed E-state index contributed by atoms with van der Waals surface area (Å²) in [4.78, 5) is 25.3. The molecule has 0 heterocycles. The summed E-state index contributed by atoms with van der Waals surface area (Å²) < 4.78 is 23.2. The van der Waals surface area contributed by atoms with Gasteiger partial charge in [-0.15, -0.1) is 0 Å². The van der Waals surface area contributed by atoms with E-state index in [4.69, 9.17) is 9.05 Å². The number of carbonyl (C=O) groups is 1. The topological polar surface area (TPSA) is 108 Å². The zero-order chi connectivity index (χ0) is 51.3. The smallest absolute Gasteiger partial charge is 0.268 e. The minimum atomic E-state index is -4.60. The molecule has 3 atom stereocenters. The Kier molecular flexibility index (Phi) is 48.6. The molecule has 0 aromatic heterocycles. The average molecular weight is 993 g/mol. The van der Waals surface area contributed by atoms with Crippen LogP contribution in [0.3, 0.4) is 0 Å². The molecule has 0 aromatic carbocycles. The van der Waals surface area contributed by atoms with Crippen molar-refractivity contribution in [2.75, 3.05) is 40.9 Å². The van der Waals surface area contributed by atoms with E-state index in [1.54, 1.807) is 6.08 Å². The van der Waals surface area contributed by atoms with E-state index in [0.717, 1.165) is 89.9 Å². The molecule has 0 rings (SSSR count). The second kappa shape index (κ2) is 50.8. The highest BCUT2D eigenvalue weighted by molar-refractivity contribution is 7.45. The molecule has 0 bridgehead atoms. The molecule has 0 saturated carbocycles. The van der Waals surface area contributed by atoms with Crippen molar-refractivity contribution < 1.29 is 32.9 Å². The van der Waals surface area contributed by atoms with Crippen LogP contribution in [0.2, 0.25) is 0 Å². The van der Waals surface area contributed by atoms with E-state index in [1.807, 2.05) is 27.2 Å². The molecule has 1 amide bonds. The van der Waals surface area contributed by atoms with Crippen LogP contribution in [-0.2, 0) is 18.4 Å². The van der Waals surface area contributed by atoms with Crippen LogP contribution in [0.5, 0.6) is 0 Å². The summed E-state index contributed by atoms with van der Waals surface area (Å²) in [7, 11) is 1.23. The number of quaternary nitrogens is 1. The van der Waals surface area contributed by atoms with Gasteiger partial charge in [0.15, 0.2) is 0 Å². The number of amides is 1. The first-order valence-electron chi connectivity index (χ1n) is 27.9. The van der Waals surface area contributed by atoms with Crippen molar-refractivity contribution in [3.8, 4) is 0 Å². The van der Waals surface area contributed by atoms with Gasteiger partial charge in [0.1, 0.15) is 13.2 Å². The summed E-state index contributed by atoms with van der Waals surface area (Å²) in [6, 6.07) is -0.908. The molecule has 9 heteroatoms. The van der Waals surface area contributed by atoms with Crippen molar-refractivity contribution in [2.24, 2.45) is 0 Å². The van der Waals surface area contributed by atoms with E-state index in [0.29, 0.717) is 17.4 Å². The van der Waals surface area contributed by atoms with Crippen molar-refractivity contribution in [2.45, 2.75) is 219 Å². The summed E-state index contributed by atoms with van der Waals surface area (Å²) in [5.41, 5.74) is 0. The summed E-state index contributed by atoms with van der Waals surface area (Å²) in [6.07, 6.45) is 75.9. The number of carbonyl (C=O) groups excluding carboxylic acids is 1. The number of nitrogens with one attached hydrogen (secondary N) is 1. The third-order valence-corrected chi connectivity index (χ3v) is 12.6. The molecule has 0 aromatic rings. The number of aliphatic hydroxyl groups is 1. The SMILES string of the molecule is CC/C=C\C/C=C\C/C=C\C/C=C\C/C=C\C/C=C\C/C=C\C/C=C\CCCCCCCCCCCCCCCCC(=O)NC(COP(=O)([O-])OCC[N+](C)(C)C)C(O)/C=C/CC/C=C/CCCCC. The highest BCUT2D eigenvalue weighted by Gasteiger charge is 2.23. The van der Waals surface area contributed by atoms with E-state index in [-0.39, 0.29) is 12.5 Å². The Balaban J connectivity index is 3.98. The lowest BCUT2D eigenvalue weighted by Gasteiger charge is -2.29. The van der Waals surface area contributed by atoms with Crippen LogP contribution in [-0.4, -0.2) is 68.5 Å². The Morgan fingerprint density at radius 1 is 0.514 bits per heavy atom. The van der Waals surface area contributed by atoms with Crippen molar-refractivity contribution >= 4 is 13.7 Å². The van der Waals surface area contributed by atoms with Gasteiger partial charge in [-0.05, 0) is 96.3 Å². The first-order valence-corrected chi connectivity index (χ1v) is 29.4. The van der Waals surface area contributed by atoms with Crippen LogP contribution in [0, 0.1) is 0 Å². The van der Waals surface area contributed by atoms with Crippen LogP contribution < -0.4 is 10.2 Å². The van der Waals surface area contributed by atoms with Gasteiger partial charge in [0, 0.05) is 6.42 Å². The lowest BCUT2D eigenvalue weighted by atomic mass is 10.0. The molecule has 0 saturated heterocycles. The van der Waals surface area contributed by atoms with Gasteiger partial charge in [0.25, 0.3) is 7.82 Å². The van der Waals surface area contributed by atoms with Gasteiger partial charge < -0.3 is 28.8 Å². The maximum Gasteiger partial charge on any atom is 0.268 e. The molecule has 0 aliphatic heterocycles. The van der Waals surface area contributed by atoms with Crippen molar-refractivity contribution in [3.05, 3.63) is 122 Å². The summed E-state index contributed by atoms with van der Waals surface area (Å²) in [5, 5.41) is 13.7. The Bertz CT molecular complexity index is 1550. The number of phosphoric ester groups is 1. The number of aliphatic hydroxyl groups excluding tert-OH is 1. The average Bonchev–Trinajstić information content (AvgIpc) is 3.32. The van der Waals surface area contributed by atoms with Crippen LogP contribution in [0.25, 0.3) is 0 Å². The van der Waals surface area contributed by atoms with Gasteiger partial charge in [-0.25, -0.2) is 0 Å². The number of unbranched alkanes of at least 4 members (excludes halogenated alkanes) is 18. The highest BCUT2D eigenvalue weighted by Crippen LogP contribution is 2.38. The predicted molar refractivity (Wildman–Crippen MR) is 302 cm³/mol. The standard InChI is InChI=1S/C61H105N2O6P/c1-6-8-10-12-14-16-17-18-19-20-21-22-23-24-25-26-27-28-29-30-31-32-33-34-35-36-37-38-39-40-41-42-43-44-45-47-49-51-53-55-61(65)62-59(58-69-70(66,67)68-57-56-63(3,4)5)60(64)54-52-50-48-46-15-13-11-9-7-2/h8,10,14-16,18-19,21-22,24-25,27-28,30-31,33-34,46,52,54,59-60,64H,6-7,9,11-13,17,20,23,26,29,32,35-45,47-51,53,55-58H2,1-5H3,(H-,62,65,66,67)/b10-8-,16-14-,19-18-,22-21-,25-24-,28-27-,31-30-,34-33-,46-15+,54-52+. The van der Waals surface area contributed by atoms with Crippen molar-refractivity contribution in [3.63, 3.8) is 0 Å². The number of likely N-dealkylation sites (N-methyl/N-ethyl adjacent to an activating group) is 1. The van der Waals surface area contributed by atoms with E-state index in [2.05, 4.69) is 129 Å². The first-order chi connectivity index (χ1) is 34.0. The maximum atomic E-state index is 12.9. The molecule has 0 aliphatic carbocycles. The van der Waals surface area contributed by atoms with Crippen LogP contribution in [0.1, 0.15) is 206 Å². The van der Waals surface area contributed by atoms with Gasteiger partial charge in [-0.1, -0.05) is 225 Å². The summed E-state index contributed by atoms with van der Waals surface area (Å²) in [6.45, 7) is 4.44. The molecular weight excluding hydrogens is 888 g/mol. The normalized spacial score (nSPS) is 14.9. The fraction of sp³-hybridized carbons (Fsp3) is 0.656. The van der Waals surface area contributed by atoms with Gasteiger partial charge >= 0.3 is 0 Å². The fourth-order valence-corrected chi connectivity index (χ4v) is 8.02. The maximum absolute atomic E-state index is 12.9. The first kappa shape index (κ1) is 66.9. The van der Waals surface area contributed by atoms with Crippen LogP contribution in [0.15, 0.2) is 122 Å². The molecule has 400 valence electrons. The lowest BCUT2D eigenvalue weighted by Crippen LogP contribution is -2.45. The minimum absolute atomic E-state index is 0.0114. The number of rotatable bonds is 49. The van der Waals surface area contributed by atoms with Crippen molar-refractivity contribution in [1.29, 1.82) is 0 Å². The zero-order valence-corrected chi connectivity index (χ0v) is 46.3. The van der Waals surface area contributed by atoms with Crippen LogP contribution in [0.4, 0.5) is 0 Å². The molecule has 0 fully saturated rings.